The lowest BCUT2D eigenvalue weighted by atomic mass is 9.87. The third-order valence-electron chi connectivity index (χ3n) is 4.95. The van der Waals surface area contributed by atoms with Crippen molar-refractivity contribution in [3.63, 3.8) is 0 Å². The van der Waals surface area contributed by atoms with Gasteiger partial charge in [-0.3, -0.25) is 9.59 Å². The van der Waals surface area contributed by atoms with Crippen molar-refractivity contribution < 1.29 is 14.7 Å². The highest BCUT2D eigenvalue weighted by Gasteiger charge is 2.32. The summed E-state index contributed by atoms with van der Waals surface area (Å²) in [6.45, 7) is 2.08. The van der Waals surface area contributed by atoms with Crippen molar-refractivity contribution in [1.29, 1.82) is 0 Å². The van der Waals surface area contributed by atoms with E-state index in [1.165, 1.54) is 24.2 Å². The number of nitrogens with zero attached hydrogens (tertiary/aromatic N) is 1. The van der Waals surface area contributed by atoms with Crippen molar-refractivity contribution in [2.45, 2.75) is 70.4 Å². The highest BCUT2D eigenvalue weighted by Crippen LogP contribution is 2.32. The summed E-state index contributed by atoms with van der Waals surface area (Å²) in [5.74, 6) is 0.678. The maximum absolute atomic E-state index is 12.2. The van der Waals surface area contributed by atoms with Gasteiger partial charge < -0.3 is 15.3 Å². The summed E-state index contributed by atoms with van der Waals surface area (Å²) in [6, 6.07) is -0.521. The molecule has 0 heterocycles. The van der Waals surface area contributed by atoms with Crippen LogP contribution in [0.2, 0.25) is 0 Å². The van der Waals surface area contributed by atoms with Gasteiger partial charge >= 0.3 is 0 Å². The first-order valence-electron chi connectivity index (χ1n) is 8.69. The van der Waals surface area contributed by atoms with Gasteiger partial charge in [-0.05, 0) is 44.4 Å². The number of hydrogen-bond acceptors (Lipinski definition) is 3. The third-order valence-corrected chi connectivity index (χ3v) is 4.95. The Balaban J connectivity index is 1.70. The summed E-state index contributed by atoms with van der Waals surface area (Å²) in [7, 11) is 1.69. The van der Waals surface area contributed by atoms with Gasteiger partial charge in [0.2, 0.25) is 11.8 Å². The van der Waals surface area contributed by atoms with Crippen LogP contribution in [0.1, 0.15) is 58.3 Å². The largest absolute Gasteiger partial charge is 0.391 e. The van der Waals surface area contributed by atoms with Gasteiger partial charge in [0.1, 0.15) is 6.04 Å². The predicted octanol–water partition coefficient (Wildman–Crippen LogP) is 1.69. The molecule has 0 aliphatic heterocycles. The van der Waals surface area contributed by atoms with E-state index in [0.717, 1.165) is 25.7 Å². The molecule has 2 unspecified atom stereocenters. The molecule has 2 fully saturated rings. The first-order valence-corrected chi connectivity index (χ1v) is 8.69. The van der Waals surface area contributed by atoms with Crippen LogP contribution < -0.4 is 5.32 Å². The first-order chi connectivity index (χ1) is 10.5. The number of carbonyl (C=O) groups is 2. The number of nitrogens with one attached hydrogen (secondary N) is 1. The van der Waals surface area contributed by atoms with Crippen molar-refractivity contribution in [2.24, 2.45) is 11.8 Å². The lowest BCUT2D eigenvalue weighted by Crippen LogP contribution is -2.47. The summed E-state index contributed by atoms with van der Waals surface area (Å²) in [6.07, 6.45) is 8.18. The Hall–Kier alpha value is -1.10. The van der Waals surface area contributed by atoms with Gasteiger partial charge in [0.15, 0.2) is 0 Å². The molecule has 5 heteroatoms. The summed E-state index contributed by atoms with van der Waals surface area (Å²) in [5, 5.41) is 12.7. The quantitative estimate of drug-likeness (QED) is 0.752. The second-order valence-corrected chi connectivity index (χ2v) is 7.12. The van der Waals surface area contributed by atoms with E-state index in [9.17, 15) is 14.7 Å². The van der Waals surface area contributed by atoms with E-state index in [1.807, 2.05) is 0 Å². The predicted molar refractivity (Wildman–Crippen MR) is 85.2 cm³/mol. The maximum atomic E-state index is 12.2. The number of rotatable bonds is 7. The zero-order chi connectivity index (χ0) is 16.1. The van der Waals surface area contributed by atoms with Crippen LogP contribution in [-0.4, -0.2) is 47.6 Å². The van der Waals surface area contributed by atoms with Crippen LogP contribution in [0, 0.1) is 11.8 Å². The zero-order valence-corrected chi connectivity index (χ0v) is 13.9. The monoisotopic (exact) mass is 310 g/mol. The number of likely N-dealkylation sites (N-methyl/N-ethyl adjacent to an activating group) is 1. The van der Waals surface area contributed by atoms with Crippen molar-refractivity contribution in [3.05, 3.63) is 0 Å². The summed E-state index contributed by atoms with van der Waals surface area (Å²) < 4.78 is 0. The molecule has 2 aliphatic rings. The van der Waals surface area contributed by atoms with Crippen molar-refractivity contribution in [1.82, 2.24) is 10.2 Å². The number of aliphatic hydroxyl groups excluding tert-OH is 1. The molecular weight excluding hydrogens is 280 g/mol. The number of amides is 2. The molecule has 0 aromatic heterocycles. The topological polar surface area (TPSA) is 69.6 Å². The molecule has 0 radical (unpaired) electrons. The van der Waals surface area contributed by atoms with Gasteiger partial charge in [-0.15, -0.1) is 0 Å². The smallest absolute Gasteiger partial charge is 0.244 e. The van der Waals surface area contributed by atoms with Crippen molar-refractivity contribution in [3.8, 4) is 0 Å². The Kier molecular flexibility index (Phi) is 6.24. The highest BCUT2D eigenvalue weighted by molar-refractivity contribution is 5.87. The molecule has 0 saturated heterocycles. The Bertz CT molecular complexity index is 389. The van der Waals surface area contributed by atoms with Gasteiger partial charge in [-0.2, -0.15) is 0 Å². The normalized spacial score (nSPS) is 22.0. The first kappa shape index (κ1) is 17.3. The lowest BCUT2D eigenvalue weighted by molar-refractivity contribution is -0.136. The van der Waals surface area contributed by atoms with E-state index < -0.39 is 12.1 Å². The Labute approximate surface area is 133 Å². The molecule has 0 spiro atoms. The number of hydrogen-bond donors (Lipinski definition) is 2. The van der Waals surface area contributed by atoms with Gasteiger partial charge in [-0.1, -0.05) is 19.3 Å². The maximum Gasteiger partial charge on any atom is 0.244 e. The molecule has 0 aromatic carbocycles. The van der Waals surface area contributed by atoms with E-state index >= 15 is 0 Å². The molecule has 0 bridgehead atoms. The fourth-order valence-corrected chi connectivity index (χ4v) is 3.35. The average Bonchev–Trinajstić information content (AvgIpc) is 3.31. The van der Waals surface area contributed by atoms with Crippen LogP contribution >= 0.6 is 0 Å². The van der Waals surface area contributed by atoms with Crippen LogP contribution in [0.15, 0.2) is 0 Å². The second kappa shape index (κ2) is 7.95. The fourth-order valence-electron chi connectivity index (χ4n) is 3.35. The molecule has 22 heavy (non-hydrogen) atoms. The molecule has 2 aliphatic carbocycles. The highest BCUT2D eigenvalue weighted by atomic mass is 16.3. The van der Waals surface area contributed by atoms with Crippen LogP contribution in [-0.2, 0) is 9.59 Å². The Morgan fingerprint density at radius 1 is 1.18 bits per heavy atom. The fraction of sp³-hybridized carbons (Fsp3) is 0.882. The van der Waals surface area contributed by atoms with Crippen LogP contribution in [0.5, 0.6) is 0 Å². The molecule has 2 rings (SSSR count). The number of aliphatic hydroxyl groups is 1. The second-order valence-electron chi connectivity index (χ2n) is 7.12. The molecular formula is C17H30N2O3. The van der Waals surface area contributed by atoms with Crippen LogP contribution in [0.25, 0.3) is 0 Å². The van der Waals surface area contributed by atoms with Gasteiger partial charge in [-0.25, -0.2) is 0 Å². The summed E-state index contributed by atoms with van der Waals surface area (Å²) in [5.41, 5.74) is 0. The van der Waals surface area contributed by atoms with Crippen molar-refractivity contribution >= 4 is 11.8 Å². The van der Waals surface area contributed by atoms with Gasteiger partial charge in [0.05, 0.1) is 6.10 Å². The molecule has 0 aromatic rings. The lowest BCUT2D eigenvalue weighted by Gasteiger charge is -2.25. The SMILES string of the molecule is CC(NC(=O)CC1CCCCC1)C(=O)N(C)CC(O)C1CC1. The standard InChI is InChI=1S/C17H30N2O3/c1-12(17(22)19(2)11-15(20)14-8-9-14)18-16(21)10-13-6-4-3-5-7-13/h12-15,20H,3-11H2,1-2H3,(H,18,21). The minimum absolute atomic E-state index is 0.0242. The summed E-state index contributed by atoms with van der Waals surface area (Å²) in [4.78, 5) is 25.8. The third kappa shape index (κ3) is 5.27. The van der Waals surface area contributed by atoms with E-state index in [2.05, 4.69) is 5.32 Å². The molecule has 2 amide bonds. The summed E-state index contributed by atoms with van der Waals surface area (Å²) >= 11 is 0. The number of carbonyl (C=O) groups excluding carboxylic acids is 2. The Morgan fingerprint density at radius 3 is 2.41 bits per heavy atom. The molecule has 2 atom stereocenters. The van der Waals surface area contributed by atoms with Crippen molar-refractivity contribution in [2.75, 3.05) is 13.6 Å². The van der Waals surface area contributed by atoms with Gasteiger partial charge in [0, 0.05) is 20.0 Å². The molecule has 126 valence electrons. The minimum Gasteiger partial charge on any atom is -0.391 e. The van der Waals surface area contributed by atoms with Gasteiger partial charge in [0.25, 0.3) is 0 Å². The Morgan fingerprint density at radius 2 is 1.82 bits per heavy atom. The average molecular weight is 310 g/mol. The van der Waals surface area contributed by atoms with E-state index in [4.69, 9.17) is 0 Å². The van der Waals surface area contributed by atoms with E-state index in [1.54, 1.807) is 14.0 Å². The zero-order valence-electron chi connectivity index (χ0n) is 13.9. The molecule has 2 N–H and O–H groups in total. The van der Waals surface area contributed by atoms with Crippen LogP contribution in [0.4, 0.5) is 0 Å². The van der Waals surface area contributed by atoms with E-state index in [0.29, 0.717) is 24.8 Å². The van der Waals surface area contributed by atoms with E-state index in [-0.39, 0.29) is 11.8 Å². The molecule has 5 nitrogen and oxygen atoms in total. The van der Waals surface area contributed by atoms with Crippen LogP contribution in [0.3, 0.4) is 0 Å². The minimum atomic E-state index is -0.521. The molecule has 2 saturated carbocycles.